The van der Waals surface area contributed by atoms with E-state index in [9.17, 15) is 8.42 Å². The van der Waals surface area contributed by atoms with Crippen LogP contribution in [0.15, 0.2) is 47.6 Å². The van der Waals surface area contributed by atoms with Gasteiger partial charge in [-0.25, -0.2) is 9.97 Å². The van der Waals surface area contributed by atoms with Crippen molar-refractivity contribution in [1.29, 1.82) is 0 Å². The van der Waals surface area contributed by atoms with Crippen LogP contribution in [0, 0.1) is 0 Å². The molecule has 10 nitrogen and oxygen atoms in total. The normalized spacial score (nSPS) is 13.5. The molecule has 3 N–H and O–H groups in total. The van der Waals surface area contributed by atoms with E-state index in [-0.39, 0.29) is 40.9 Å². The van der Waals surface area contributed by atoms with Gasteiger partial charge in [0.2, 0.25) is 5.75 Å². The molecule has 1 saturated carbocycles. The van der Waals surface area contributed by atoms with E-state index in [0.29, 0.717) is 30.3 Å². The molecule has 0 saturated heterocycles. The number of rotatable bonds is 12. The van der Waals surface area contributed by atoms with Crippen molar-refractivity contribution in [3.8, 4) is 23.1 Å². The molecule has 0 unspecified atom stereocenters. The summed E-state index contributed by atoms with van der Waals surface area (Å²) in [4.78, 5) is 13.3. The number of para-hydroxylation sites is 2. The van der Waals surface area contributed by atoms with Gasteiger partial charge in [0.1, 0.15) is 5.82 Å². The third-order valence-corrected chi connectivity index (χ3v) is 6.85. The monoisotopic (exact) mass is 513 g/mol. The minimum atomic E-state index is -4.09. The maximum atomic E-state index is 13.3. The molecule has 4 rings (SSSR count). The van der Waals surface area contributed by atoms with Gasteiger partial charge in [0, 0.05) is 12.1 Å². The summed E-state index contributed by atoms with van der Waals surface area (Å²) in [5.41, 5.74) is 6.56. The summed E-state index contributed by atoms with van der Waals surface area (Å²) in [6.45, 7) is 4.74. The van der Waals surface area contributed by atoms with Crippen molar-refractivity contribution in [2.24, 2.45) is 5.73 Å². The minimum absolute atomic E-state index is 0.0308. The Morgan fingerprint density at radius 1 is 1.11 bits per heavy atom. The van der Waals surface area contributed by atoms with Gasteiger partial charge in [-0.15, -0.1) is 0 Å². The Bertz CT molecular complexity index is 1290. The topological polar surface area (TPSA) is 139 Å². The number of anilines is 1. The first kappa shape index (κ1) is 25.6. The Morgan fingerprint density at radius 3 is 2.47 bits per heavy atom. The molecule has 1 aromatic carbocycles. The molecule has 0 spiro atoms. The Balaban J connectivity index is 1.77. The summed E-state index contributed by atoms with van der Waals surface area (Å²) < 4.78 is 46.6. The summed E-state index contributed by atoms with van der Waals surface area (Å²) in [5.74, 6) is 1.78. The molecule has 2 aromatic heterocycles. The fraction of sp³-hybridized carbons (Fsp3) is 0.400. The van der Waals surface area contributed by atoms with Crippen LogP contribution < -0.4 is 24.7 Å². The molecule has 3 aromatic rings. The van der Waals surface area contributed by atoms with Crippen molar-refractivity contribution >= 4 is 15.8 Å². The Labute approximate surface area is 211 Å². The summed E-state index contributed by atoms with van der Waals surface area (Å²) >= 11 is 0. The van der Waals surface area contributed by atoms with E-state index in [0.717, 1.165) is 18.4 Å². The molecule has 192 valence electrons. The zero-order valence-corrected chi connectivity index (χ0v) is 21.4. The van der Waals surface area contributed by atoms with Crippen molar-refractivity contribution in [3.63, 3.8) is 0 Å². The first-order valence-electron chi connectivity index (χ1n) is 11.9. The first-order chi connectivity index (χ1) is 17.3. The maximum Gasteiger partial charge on any atom is 0.280 e. The summed E-state index contributed by atoms with van der Waals surface area (Å²) in [7, 11) is -2.57. The number of ether oxygens (including phenoxy) is 3. The molecule has 1 aliphatic carbocycles. The highest BCUT2D eigenvalue weighted by molar-refractivity contribution is 7.92. The number of sulfonamides is 1. The van der Waals surface area contributed by atoms with Crippen molar-refractivity contribution in [3.05, 3.63) is 54.0 Å². The number of pyridine rings is 1. The number of hydrogen-bond donors (Lipinski definition) is 2. The van der Waals surface area contributed by atoms with Crippen LogP contribution in [0.25, 0.3) is 0 Å². The number of nitrogens with two attached hydrogens (primary N) is 1. The number of methoxy groups -OCH3 is 1. The Kier molecular flexibility index (Phi) is 7.90. The molecule has 36 heavy (non-hydrogen) atoms. The van der Waals surface area contributed by atoms with Gasteiger partial charge < -0.3 is 19.9 Å². The molecule has 1 fully saturated rings. The van der Waals surface area contributed by atoms with E-state index >= 15 is 0 Å². The van der Waals surface area contributed by atoms with Gasteiger partial charge in [-0.05, 0) is 55.5 Å². The quantitative estimate of drug-likeness (QED) is 0.341. The van der Waals surface area contributed by atoms with Crippen LogP contribution in [0.2, 0.25) is 0 Å². The Morgan fingerprint density at radius 2 is 1.86 bits per heavy atom. The first-order valence-corrected chi connectivity index (χ1v) is 13.3. The van der Waals surface area contributed by atoms with Gasteiger partial charge in [0.05, 0.1) is 13.7 Å². The Hall–Kier alpha value is -3.44. The summed E-state index contributed by atoms with van der Waals surface area (Å²) in [5, 5.41) is -0.132. The second-order valence-electron chi connectivity index (χ2n) is 8.77. The van der Waals surface area contributed by atoms with Gasteiger partial charge in [-0.3, -0.25) is 4.72 Å². The molecule has 0 atom stereocenters. The van der Waals surface area contributed by atoms with E-state index in [4.69, 9.17) is 19.9 Å². The lowest BCUT2D eigenvalue weighted by atomic mass is 10.1. The molecule has 0 amide bonds. The van der Waals surface area contributed by atoms with Crippen molar-refractivity contribution in [2.75, 3.05) is 25.0 Å². The van der Waals surface area contributed by atoms with Gasteiger partial charge >= 0.3 is 0 Å². The lowest BCUT2D eigenvalue weighted by molar-refractivity contribution is 0.283. The number of nitrogens with one attached hydrogen (secondary N) is 1. The predicted octanol–water partition coefficient (Wildman–Crippen LogP) is 4.20. The van der Waals surface area contributed by atoms with Crippen LogP contribution in [-0.4, -0.2) is 43.6 Å². The number of hydrogen-bond acceptors (Lipinski definition) is 9. The average molecular weight is 514 g/mol. The SMILES string of the molecule is COc1ccccc1Oc1c(NS(=O)(=O)c2ccc(C(C)C)cn2)nc(C2CC2)nc1OCCCN. The molecule has 0 aliphatic heterocycles. The number of benzene rings is 1. The third-order valence-electron chi connectivity index (χ3n) is 5.59. The molecule has 11 heteroatoms. The molecule has 0 bridgehead atoms. The molecule has 1 aliphatic rings. The summed E-state index contributed by atoms with van der Waals surface area (Å²) in [6.07, 6.45) is 3.98. The van der Waals surface area contributed by atoms with Crippen LogP contribution in [-0.2, 0) is 10.0 Å². The molecule has 0 radical (unpaired) electrons. The van der Waals surface area contributed by atoms with Crippen LogP contribution in [0.5, 0.6) is 23.1 Å². The molecular weight excluding hydrogens is 482 g/mol. The van der Waals surface area contributed by atoms with Crippen LogP contribution in [0.1, 0.15) is 56.3 Å². The smallest absolute Gasteiger partial charge is 0.280 e. The zero-order chi connectivity index (χ0) is 25.7. The van der Waals surface area contributed by atoms with Crippen LogP contribution >= 0.6 is 0 Å². The fourth-order valence-electron chi connectivity index (χ4n) is 3.37. The minimum Gasteiger partial charge on any atom is -0.493 e. The van der Waals surface area contributed by atoms with Crippen LogP contribution in [0.3, 0.4) is 0 Å². The standard InChI is InChI=1S/C25H31N5O5S/c1-16(2)18-11-12-21(27-15-18)36(31,32)30-24-22(35-20-8-5-4-7-19(20)33-3)25(34-14-6-13-26)29-23(28-24)17-9-10-17/h4-5,7-8,11-12,15-17H,6,9-10,13-14,26H2,1-3H3,(H,28,29,30). The highest BCUT2D eigenvalue weighted by Gasteiger charge is 2.32. The molecule has 2 heterocycles. The van der Waals surface area contributed by atoms with Crippen molar-refractivity contribution in [2.45, 2.75) is 50.0 Å². The van der Waals surface area contributed by atoms with Gasteiger partial charge in [0.15, 0.2) is 22.3 Å². The van der Waals surface area contributed by atoms with E-state index in [1.165, 1.54) is 13.2 Å². The lowest BCUT2D eigenvalue weighted by Gasteiger charge is -2.18. The van der Waals surface area contributed by atoms with E-state index in [2.05, 4.69) is 19.7 Å². The zero-order valence-electron chi connectivity index (χ0n) is 20.6. The lowest BCUT2D eigenvalue weighted by Crippen LogP contribution is -2.18. The highest BCUT2D eigenvalue weighted by atomic mass is 32.2. The largest absolute Gasteiger partial charge is 0.493 e. The van der Waals surface area contributed by atoms with Gasteiger partial charge in [-0.1, -0.05) is 32.0 Å². The second kappa shape index (κ2) is 11.1. The average Bonchev–Trinajstić information content (AvgIpc) is 3.71. The van der Waals surface area contributed by atoms with Crippen molar-refractivity contribution in [1.82, 2.24) is 15.0 Å². The second-order valence-corrected chi connectivity index (χ2v) is 10.4. The van der Waals surface area contributed by atoms with E-state index in [1.54, 1.807) is 36.5 Å². The molecular formula is C25H31N5O5S. The maximum absolute atomic E-state index is 13.3. The van der Waals surface area contributed by atoms with Crippen LogP contribution in [0.4, 0.5) is 5.82 Å². The summed E-state index contributed by atoms with van der Waals surface area (Å²) in [6, 6.07) is 10.2. The van der Waals surface area contributed by atoms with E-state index in [1.807, 2.05) is 13.8 Å². The van der Waals surface area contributed by atoms with Crippen molar-refractivity contribution < 1.29 is 22.6 Å². The van der Waals surface area contributed by atoms with Gasteiger partial charge in [-0.2, -0.15) is 13.4 Å². The highest BCUT2D eigenvalue weighted by Crippen LogP contribution is 2.45. The van der Waals surface area contributed by atoms with E-state index < -0.39 is 10.0 Å². The number of aromatic nitrogens is 3. The fourth-order valence-corrected chi connectivity index (χ4v) is 4.30. The predicted molar refractivity (Wildman–Crippen MR) is 135 cm³/mol. The van der Waals surface area contributed by atoms with Gasteiger partial charge in [0.25, 0.3) is 15.9 Å². The third kappa shape index (κ3) is 6.03. The number of nitrogens with zero attached hydrogens (tertiary/aromatic N) is 3.